The lowest BCUT2D eigenvalue weighted by Crippen LogP contribution is -2.19. The maximum absolute atomic E-state index is 11.5. The molecule has 0 saturated carbocycles. The smallest absolute Gasteiger partial charge is 0.265 e. The van der Waals surface area contributed by atoms with Gasteiger partial charge in [-0.3, -0.25) is 14.8 Å². The average Bonchev–Trinajstić information content (AvgIpc) is 2.41. The van der Waals surface area contributed by atoms with E-state index in [2.05, 4.69) is 25.5 Å². The molecule has 0 aliphatic carbocycles. The number of nitrogens with one attached hydrogen (secondary N) is 1. The van der Waals surface area contributed by atoms with E-state index >= 15 is 0 Å². The highest BCUT2D eigenvalue weighted by atomic mass is 16.2. The van der Waals surface area contributed by atoms with Crippen LogP contribution in [-0.2, 0) is 0 Å². The molecule has 2 aromatic rings. The third-order valence-electron chi connectivity index (χ3n) is 1.88. The van der Waals surface area contributed by atoms with Gasteiger partial charge in [0.15, 0.2) is 0 Å². The van der Waals surface area contributed by atoms with Crippen molar-refractivity contribution in [1.29, 1.82) is 0 Å². The van der Waals surface area contributed by atoms with Gasteiger partial charge in [0, 0.05) is 24.8 Å². The molecular formula is C11H9N5O. The second-order valence-electron chi connectivity index (χ2n) is 3.07. The van der Waals surface area contributed by atoms with E-state index in [9.17, 15) is 4.79 Å². The van der Waals surface area contributed by atoms with E-state index in [1.807, 2.05) is 0 Å². The number of amides is 1. The van der Waals surface area contributed by atoms with Gasteiger partial charge in [0.1, 0.15) is 5.69 Å². The molecule has 0 aliphatic heterocycles. The maximum Gasteiger partial charge on any atom is 0.291 e. The molecule has 0 saturated heterocycles. The number of carbonyl (C=O) groups excluding carboxylic acids is 1. The summed E-state index contributed by atoms with van der Waals surface area (Å²) in [6.07, 6.45) is 9.13. The van der Waals surface area contributed by atoms with Crippen LogP contribution in [0.2, 0.25) is 0 Å². The summed E-state index contributed by atoms with van der Waals surface area (Å²) >= 11 is 0. The molecule has 0 aliphatic rings. The first-order valence-corrected chi connectivity index (χ1v) is 4.86. The van der Waals surface area contributed by atoms with E-state index in [-0.39, 0.29) is 5.69 Å². The average molecular weight is 227 g/mol. The molecule has 1 N–H and O–H groups in total. The Morgan fingerprint density at radius 3 is 2.71 bits per heavy atom. The number of aromatic nitrogens is 3. The number of hydrogen-bond acceptors (Lipinski definition) is 5. The highest BCUT2D eigenvalue weighted by molar-refractivity contribution is 5.92. The molecule has 0 unspecified atom stereocenters. The van der Waals surface area contributed by atoms with Crippen LogP contribution in [0.15, 0.2) is 48.2 Å². The molecule has 0 spiro atoms. The van der Waals surface area contributed by atoms with Gasteiger partial charge in [0.05, 0.1) is 12.4 Å². The van der Waals surface area contributed by atoms with E-state index < -0.39 is 5.91 Å². The van der Waals surface area contributed by atoms with Crippen LogP contribution >= 0.6 is 0 Å². The van der Waals surface area contributed by atoms with Crippen molar-refractivity contribution in [1.82, 2.24) is 20.4 Å². The minimum atomic E-state index is -0.400. The summed E-state index contributed by atoms with van der Waals surface area (Å²) in [6.45, 7) is 0. The van der Waals surface area contributed by atoms with E-state index in [0.717, 1.165) is 5.56 Å². The summed E-state index contributed by atoms with van der Waals surface area (Å²) in [4.78, 5) is 23.0. The van der Waals surface area contributed by atoms with E-state index in [0.29, 0.717) is 0 Å². The fourth-order valence-electron chi connectivity index (χ4n) is 1.09. The zero-order valence-electron chi connectivity index (χ0n) is 8.82. The molecule has 0 fully saturated rings. The molecule has 0 radical (unpaired) electrons. The van der Waals surface area contributed by atoms with Crippen molar-refractivity contribution in [2.24, 2.45) is 5.10 Å². The van der Waals surface area contributed by atoms with Crippen molar-refractivity contribution in [3.05, 3.63) is 54.4 Å². The lowest BCUT2D eigenvalue weighted by atomic mass is 10.3. The van der Waals surface area contributed by atoms with Crippen molar-refractivity contribution in [2.45, 2.75) is 0 Å². The lowest BCUT2D eigenvalue weighted by Gasteiger charge is -1.97. The molecular weight excluding hydrogens is 218 g/mol. The van der Waals surface area contributed by atoms with Crippen LogP contribution in [0.4, 0.5) is 0 Å². The van der Waals surface area contributed by atoms with Crippen LogP contribution in [0.5, 0.6) is 0 Å². The topological polar surface area (TPSA) is 80.1 Å². The first-order chi connectivity index (χ1) is 8.36. The number of rotatable bonds is 3. The predicted molar refractivity (Wildman–Crippen MR) is 61.3 cm³/mol. The van der Waals surface area contributed by atoms with E-state index in [1.54, 1.807) is 24.5 Å². The predicted octanol–water partition coefficient (Wildman–Crippen LogP) is 0.635. The molecule has 2 aromatic heterocycles. The quantitative estimate of drug-likeness (QED) is 0.616. The summed E-state index contributed by atoms with van der Waals surface area (Å²) in [5.41, 5.74) is 3.42. The van der Waals surface area contributed by atoms with Crippen LogP contribution in [0.3, 0.4) is 0 Å². The lowest BCUT2D eigenvalue weighted by molar-refractivity contribution is 0.0950. The molecule has 17 heavy (non-hydrogen) atoms. The van der Waals surface area contributed by atoms with Crippen LogP contribution in [-0.4, -0.2) is 27.1 Å². The molecule has 0 aromatic carbocycles. The molecule has 1 amide bonds. The van der Waals surface area contributed by atoms with Crippen LogP contribution in [0.1, 0.15) is 16.1 Å². The first-order valence-electron chi connectivity index (χ1n) is 4.86. The Kier molecular flexibility index (Phi) is 3.49. The van der Waals surface area contributed by atoms with Gasteiger partial charge in [-0.25, -0.2) is 10.4 Å². The monoisotopic (exact) mass is 227 g/mol. The van der Waals surface area contributed by atoms with Gasteiger partial charge >= 0.3 is 0 Å². The van der Waals surface area contributed by atoms with Crippen molar-refractivity contribution >= 4 is 12.1 Å². The summed E-state index contributed by atoms with van der Waals surface area (Å²) in [5, 5.41) is 3.80. The van der Waals surface area contributed by atoms with Gasteiger partial charge in [-0.05, 0) is 17.7 Å². The second kappa shape index (κ2) is 5.45. The zero-order valence-corrected chi connectivity index (χ0v) is 8.82. The molecule has 6 nitrogen and oxygen atoms in total. The Bertz CT molecular complexity index is 512. The van der Waals surface area contributed by atoms with Gasteiger partial charge in [0.2, 0.25) is 0 Å². The standard InChI is InChI=1S/C11H9N5O/c17-11(10-8-13-5-6-14-10)16-15-7-9-1-3-12-4-2-9/h1-8H,(H,16,17). The maximum atomic E-state index is 11.5. The largest absolute Gasteiger partial charge is 0.291 e. The van der Waals surface area contributed by atoms with Gasteiger partial charge in [-0.2, -0.15) is 5.10 Å². The molecule has 6 heteroatoms. The Hall–Kier alpha value is -2.63. The Morgan fingerprint density at radius 1 is 1.18 bits per heavy atom. The number of hydrazone groups is 1. The normalized spacial score (nSPS) is 10.4. The summed E-state index contributed by atoms with van der Waals surface area (Å²) in [5.74, 6) is -0.400. The third kappa shape index (κ3) is 3.16. The minimum Gasteiger partial charge on any atom is -0.265 e. The second-order valence-corrected chi connectivity index (χ2v) is 3.07. The van der Waals surface area contributed by atoms with Crippen LogP contribution < -0.4 is 5.43 Å². The number of nitrogens with zero attached hydrogens (tertiary/aromatic N) is 4. The molecule has 2 rings (SSSR count). The SMILES string of the molecule is O=C(NN=Cc1ccncc1)c1cnccn1. The van der Waals surface area contributed by atoms with Gasteiger partial charge < -0.3 is 0 Å². The van der Waals surface area contributed by atoms with Gasteiger partial charge in [0.25, 0.3) is 5.91 Å². The fraction of sp³-hybridized carbons (Fsp3) is 0. The third-order valence-corrected chi connectivity index (χ3v) is 1.88. The number of carbonyl (C=O) groups is 1. The van der Waals surface area contributed by atoms with Crippen LogP contribution in [0, 0.1) is 0 Å². The molecule has 0 atom stereocenters. The highest BCUT2D eigenvalue weighted by Gasteiger charge is 2.03. The minimum absolute atomic E-state index is 0.222. The Morgan fingerprint density at radius 2 is 2.00 bits per heavy atom. The number of hydrogen-bond donors (Lipinski definition) is 1. The summed E-state index contributed by atoms with van der Waals surface area (Å²) in [6, 6.07) is 3.55. The van der Waals surface area contributed by atoms with Crippen molar-refractivity contribution in [3.63, 3.8) is 0 Å². The Labute approximate surface area is 97.5 Å². The van der Waals surface area contributed by atoms with E-state index in [1.165, 1.54) is 24.8 Å². The Balaban J connectivity index is 1.95. The summed E-state index contributed by atoms with van der Waals surface area (Å²) < 4.78 is 0. The summed E-state index contributed by atoms with van der Waals surface area (Å²) in [7, 11) is 0. The van der Waals surface area contributed by atoms with Crippen LogP contribution in [0.25, 0.3) is 0 Å². The molecule has 2 heterocycles. The van der Waals surface area contributed by atoms with Crippen molar-refractivity contribution in [3.8, 4) is 0 Å². The first kappa shape index (κ1) is 10.9. The highest BCUT2D eigenvalue weighted by Crippen LogP contribution is 1.92. The van der Waals surface area contributed by atoms with E-state index in [4.69, 9.17) is 0 Å². The molecule has 0 bridgehead atoms. The van der Waals surface area contributed by atoms with Gasteiger partial charge in [-0.1, -0.05) is 0 Å². The van der Waals surface area contributed by atoms with Gasteiger partial charge in [-0.15, -0.1) is 0 Å². The zero-order chi connectivity index (χ0) is 11.9. The fourth-order valence-corrected chi connectivity index (χ4v) is 1.09. The van der Waals surface area contributed by atoms with Crippen molar-refractivity contribution in [2.75, 3.05) is 0 Å². The molecule has 84 valence electrons. The van der Waals surface area contributed by atoms with Crippen molar-refractivity contribution < 1.29 is 4.79 Å². The number of pyridine rings is 1.